The van der Waals surface area contributed by atoms with Gasteiger partial charge in [-0.3, -0.25) is 4.90 Å². The Bertz CT molecular complexity index is 488. The molecule has 1 aliphatic rings. The largest absolute Gasteiger partial charge is 0.493 e. The summed E-state index contributed by atoms with van der Waals surface area (Å²) in [5.74, 6) is 2.82. The van der Waals surface area contributed by atoms with E-state index in [4.69, 9.17) is 14.2 Å². The molecule has 0 saturated carbocycles. The molecule has 2 rings (SSSR count). The van der Waals surface area contributed by atoms with E-state index in [0.717, 1.165) is 44.1 Å². The van der Waals surface area contributed by atoms with Gasteiger partial charge in [0.25, 0.3) is 0 Å². The van der Waals surface area contributed by atoms with Gasteiger partial charge >= 0.3 is 0 Å². The van der Waals surface area contributed by atoms with Gasteiger partial charge < -0.3 is 19.5 Å². The molecule has 0 aliphatic carbocycles. The van der Waals surface area contributed by atoms with Crippen molar-refractivity contribution in [3.05, 3.63) is 17.7 Å². The summed E-state index contributed by atoms with van der Waals surface area (Å²) in [6.07, 6.45) is 2.33. The maximum atomic E-state index is 5.55. The van der Waals surface area contributed by atoms with Crippen LogP contribution >= 0.6 is 0 Å². The summed E-state index contributed by atoms with van der Waals surface area (Å²) in [6, 6.07) is 4.59. The zero-order valence-corrected chi connectivity index (χ0v) is 15.7. The molecule has 24 heavy (non-hydrogen) atoms. The molecule has 0 bridgehead atoms. The fourth-order valence-electron chi connectivity index (χ4n) is 3.34. The van der Waals surface area contributed by atoms with Gasteiger partial charge in [-0.05, 0) is 36.5 Å². The molecule has 0 spiro atoms. The average molecular weight is 336 g/mol. The number of nitrogens with zero attached hydrogens (tertiary/aromatic N) is 1. The molecule has 0 unspecified atom stereocenters. The van der Waals surface area contributed by atoms with Gasteiger partial charge in [-0.1, -0.05) is 13.8 Å². The normalized spacial score (nSPS) is 16.9. The molecule has 1 aromatic rings. The summed E-state index contributed by atoms with van der Waals surface area (Å²) >= 11 is 0. The zero-order chi connectivity index (χ0) is 17.5. The van der Waals surface area contributed by atoms with Crippen LogP contribution in [0.25, 0.3) is 0 Å². The fourth-order valence-corrected chi connectivity index (χ4v) is 3.34. The highest BCUT2D eigenvalue weighted by Crippen LogP contribution is 2.41. The first-order chi connectivity index (χ1) is 11.6. The molecule has 0 amide bonds. The van der Waals surface area contributed by atoms with Crippen molar-refractivity contribution >= 4 is 0 Å². The minimum absolute atomic E-state index is 0.378. The van der Waals surface area contributed by atoms with Crippen LogP contribution in [0.3, 0.4) is 0 Å². The Morgan fingerprint density at radius 1 is 0.958 bits per heavy atom. The summed E-state index contributed by atoms with van der Waals surface area (Å²) in [4.78, 5) is 2.57. The van der Waals surface area contributed by atoms with Crippen LogP contribution in [0, 0.1) is 5.92 Å². The van der Waals surface area contributed by atoms with Crippen LogP contribution in [-0.2, 0) is 0 Å². The highest BCUT2D eigenvalue weighted by Gasteiger charge is 2.25. The first kappa shape index (κ1) is 18.9. The lowest BCUT2D eigenvalue weighted by molar-refractivity contribution is 0.159. The molecule has 0 aromatic heterocycles. The van der Waals surface area contributed by atoms with E-state index >= 15 is 0 Å². The third kappa shape index (κ3) is 4.54. The lowest BCUT2D eigenvalue weighted by Crippen LogP contribution is -2.45. The minimum Gasteiger partial charge on any atom is -0.493 e. The standard InChI is InChI=1S/C19H32N2O3/c1-14(2)6-7-16(21-10-8-20-9-11-21)15-12-17(22-3)19(24-5)18(13-15)23-4/h12-14,16,20H,6-11H2,1-5H3/t16-/m0/s1. The van der Waals surface area contributed by atoms with Gasteiger partial charge in [0.05, 0.1) is 21.3 Å². The van der Waals surface area contributed by atoms with E-state index in [9.17, 15) is 0 Å². The number of piperazine rings is 1. The number of hydrogen-bond acceptors (Lipinski definition) is 5. The van der Waals surface area contributed by atoms with Crippen molar-refractivity contribution < 1.29 is 14.2 Å². The summed E-state index contributed by atoms with van der Waals surface area (Å²) < 4.78 is 16.6. The van der Waals surface area contributed by atoms with E-state index in [1.165, 1.54) is 12.0 Å². The fraction of sp³-hybridized carbons (Fsp3) is 0.684. The molecule has 5 heteroatoms. The van der Waals surface area contributed by atoms with E-state index in [1.807, 2.05) is 0 Å². The highest BCUT2D eigenvalue weighted by molar-refractivity contribution is 5.54. The highest BCUT2D eigenvalue weighted by atomic mass is 16.5. The number of nitrogens with one attached hydrogen (secondary N) is 1. The van der Waals surface area contributed by atoms with Crippen LogP contribution < -0.4 is 19.5 Å². The molecule has 1 aromatic carbocycles. The van der Waals surface area contributed by atoms with Crippen molar-refractivity contribution in [2.75, 3.05) is 47.5 Å². The van der Waals surface area contributed by atoms with Gasteiger partial charge in [0, 0.05) is 32.2 Å². The van der Waals surface area contributed by atoms with Crippen LogP contribution in [-0.4, -0.2) is 52.4 Å². The first-order valence-electron chi connectivity index (χ1n) is 8.85. The zero-order valence-electron chi connectivity index (χ0n) is 15.7. The third-order valence-electron chi connectivity index (χ3n) is 4.68. The Labute approximate surface area is 146 Å². The monoisotopic (exact) mass is 336 g/mol. The van der Waals surface area contributed by atoms with Gasteiger partial charge in [-0.15, -0.1) is 0 Å². The molecular formula is C19H32N2O3. The van der Waals surface area contributed by atoms with Crippen molar-refractivity contribution in [3.8, 4) is 17.2 Å². The molecule has 1 atom stereocenters. The number of benzene rings is 1. The molecular weight excluding hydrogens is 304 g/mol. The van der Waals surface area contributed by atoms with Crippen molar-refractivity contribution in [2.45, 2.75) is 32.7 Å². The second-order valence-electron chi connectivity index (χ2n) is 6.73. The van der Waals surface area contributed by atoms with E-state index in [0.29, 0.717) is 17.7 Å². The van der Waals surface area contributed by atoms with Crippen molar-refractivity contribution in [2.24, 2.45) is 5.92 Å². The second kappa shape index (κ2) is 9.14. The van der Waals surface area contributed by atoms with Crippen molar-refractivity contribution in [1.82, 2.24) is 10.2 Å². The molecule has 1 N–H and O–H groups in total. The Morgan fingerprint density at radius 3 is 2.00 bits per heavy atom. The summed E-state index contributed by atoms with van der Waals surface area (Å²) in [6.45, 7) is 8.79. The molecule has 1 aliphatic heterocycles. The number of rotatable bonds is 8. The van der Waals surface area contributed by atoms with Crippen molar-refractivity contribution in [1.29, 1.82) is 0 Å². The SMILES string of the molecule is COc1cc([C@H](CCC(C)C)N2CCNCC2)cc(OC)c1OC. The molecule has 1 heterocycles. The van der Waals surface area contributed by atoms with Gasteiger partial charge in [-0.25, -0.2) is 0 Å². The minimum atomic E-state index is 0.378. The van der Waals surface area contributed by atoms with Gasteiger partial charge in [0.2, 0.25) is 5.75 Å². The van der Waals surface area contributed by atoms with Crippen LogP contribution in [0.5, 0.6) is 17.2 Å². The Balaban J connectivity index is 2.36. The Kier molecular flexibility index (Phi) is 7.18. The van der Waals surface area contributed by atoms with E-state index < -0.39 is 0 Å². The van der Waals surface area contributed by atoms with E-state index in [-0.39, 0.29) is 0 Å². The molecule has 0 radical (unpaired) electrons. The number of hydrogen-bond donors (Lipinski definition) is 1. The number of ether oxygens (including phenoxy) is 3. The lowest BCUT2D eigenvalue weighted by Gasteiger charge is -2.36. The topological polar surface area (TPSA) is 43.0 Å². The maximum Gasteiger partial charge on any atom is 0.203 e. The maximum absolute atomic E-state index is 5.55. The summed E-state index contributed by atoms with van der Waals surface area (Å²) in [5, 5.41) is 3.44. The van der Waals surface area contributed by atoms with Gasteiger partial charge in [0.1, 0.15) is 0 Å². The van der Waals surface area contributed by atoms with Crippen LogP contribution in [0.2, 0.25) is 0 Å². The Hall–Kier alpha value is -1.46. The smallest absolute Gasteiger partial charge is 0.203 e. The van der Waals surface area contributed by atoms with Crippen LogP contribution in [0.15, 0.2) is 12.1 Å². The van der Waals surface area contributed by atoms with E-state index in [1.54, 1.807) is 21.3 Å². The van der Waals surface area contributed by atoms with Gasteiger partial charge in [-0.2, -0.15) is 0 Å². The van der Waals surface area contributed by atoms with Crippen molar-refractivity contribution in [3.63, 3.8) is 0 Å². The predicted octanol–water partition coefficient (Wildman–Crippen LogP) is 3.09. The quantitative estimate of drug-likeness (QED) is 0.790. The predicted molar refractivity (Wildman–Crippen MR) is 97.4 cm³/mol. The first-order valence-corrected chi connectivity index (χ1v) is 8.85. The molecule has 1 fully saturated rings. The molecule has 1 saturated heterocycles. The average Bonchev–Trinajstić information content (AvgIpc) is 2.61. The lowest BCUT2D eigenvalue weighted by atomic mass is 9.95. The van der Waals surface area contributed by atoms with Gasteiger partial charge in [0.15, 0.2) is 11.5 Å². The molecule has 5 nitrogen and oxygen atoms in total. The van der Waals surface area contributed by atoms with Crippen LogP contribution in [0.1, 0.15) is 38.3 Å². The van der Waals surface area contributed by atoms with Crippen LogP contribution in [0.4, 0.5) is 0 Å². The third-order valence-corrected chi connectivity index (χ3v) is 4.68. The summed E-state index contributed by atoms with van der Waals surface area (Å²) in [5.41, 5.74) is 1.24. The second-order valence-corrected chi connectivity index (χ2v) is 6.73. The molecule has 136 valence electrons. The summed E-state index contributed by atoms with van der Waals surface area (Å²) in [7, 11) is 5.00. The van der Waals surface area contributed by atoms with E-state index in [2.05, 4.69) is 36.2 Å². The number of methoxy groups -OCH3 is 3. The Morgan fingerprint density at radius 2 is 1.54 bits per heavy atom.